The molecule has 1 saturated carbocycles. The van der Waals surface area contributed by atoms with Crippen LogP contribution in [0.3, 0.4) is 0 Å². The molecule has 0 radical (unpaired) electrons. The first kappa shape index (κ1) is 13.9. The van der Waals surface area contributed by atoms with Crippen molar-refractivity contribution >= 4 is 5.69 Å². The Bertz CT molecular complexity index is 435. The van der Waals surface area contributed by atoms with E-state index in [4.69, 9.17) is 0 Å². The summed E-state index contributed by atoms with van der Waals surface area (Å²) in [6.45, 7) is 5.87. The Balaban J connectivity index is 1.84. The molecule has 1 aromatic carbocycles. The van der Waals surface area contributed by atoms with Gasteiger partial charge in [0.15, 0.2) is 0 Å². The van der Waals surface area contributed by atoms with Crippen LogP contribution < -0.4 is 10.2 Å². The standard InChI is InChI=1S/C18H28N2/c1-2-8-16-9-3-4-10-17(16)20-14-7-13-19-18(15-20)11-5-6-12-18/h3-4,9-10,19H,2,5-8,11-15H2,1H3. The third kappa shape index (κ3) is 2.85. The van der Waals surface area contributed by atoms with Crippen LogP contribution >= 0.6 is 0 Å². The molecule has 0 amide bonds. The number of rotatable bonds is 3. The molecule has 1 saturated heterocycles. The highest BCUT2D eigenvalue weighted by atomic mass is 15.2. The topological polar surface area (TPSA) is 15.3 Å². The normalized spacial score (nSPS) is 22.1. The van der Waals surface area contributed by atoms with E-state index < -0.39 is 0 Å². The molecule has 0 aromatic heterocycles. The summed E-state index contributed by atoms with van der Waals surface area (Å²) in [6.07, 6.45) is 9.22. The summed E-state index contributed by atoms with van der Waals surface area (Å²) < 4.78 is 0. The van der Waals surface area contributed by atoms with Crippen LogP contribution in [0.4, 0.5) is 5.69 Å². The highest BCUT2D eigenvalue weighted by molar-refractivity contribution is 5.54. The predicted molar refractivity (Wildman–Crippen MR) is 86.5 cm³/mol. The van der Waals surface area contributed by atoms with E-state index in [1.54, 1.807) is 0 Å². The number of anilines is 1. The van der Waals surface area contributed by atoms with Crippen LogP contribution in [0.2, 0.25) is 0 Å². The molecular weight excluding hydrogens is 244 g/mol. The second-order valence-corrected chi connectivity index (χ2v) is 6.57. The van der Waals surface area contributed by atoms with Crippen molar-refractivity contribution in [2.75, 3.05) is 24.5 Å². The zero-order valence-corrected chi connectivity index (χ0v) is 12.8. The molecule has 1 spiro atoms. The monoisotopic (exact) mass is 272 g/mol. The van der Waals surface area contributed by atoms with Gasteiger partial charge in [-0.2, -0.15) is 0 Å². The first-order valence-electron chi connectivity index (χ1n) is 8.41. The van der Waals surface area contributed by atoms with E-state index in [9.17, 15) is 0 Å². The average molecular weight is 272 g/mol. The van der Waals surface area contributed by atoms with Crippen molar-refractivity contribution < 1.29 is 0 Å². The van der Waals surface area contributed by atoms with E-state index >= 15 is 0 Å². The van der Waals surface area contributed by atoms with Gasteiger partial charge in [-0.15, -0.1) is 0 Å². The second-order valence-electron chi connectivity index (χ2n) is 6.57. The molecule has 2 fully saturated rings. The van der Waals surface area contributed by atoms with Crippen LogP contribution in [-0.2, 0) is 6.42 Å². The molecule has 2 aliphatic rings. The maximum absolute atomic E-state index is 3.87. The number of aryl methyl sites for hydroxylation is 1. The summed E-state index contributed by atoms with van der Waals surface area (Å²) in [6, 6.07) is 9.04. The maximum Gasteiger partial charge on any atom is 0.0399 e. The zero-order chi connectivity index (χ0) is 13.8. The highest BCUT2D eigenvalue weighted by Gasteiger charge is 2.36. The number of benzene rings is 1. The van der Waals surface area contributed by atoms with Gasteiger partial charge in [0, 0.05) is 24.3 Å². The van der Waals surface area contributed by atoms with E-state index in [1.165, 1.54) is 75.8 Å². The minimum atomic E-state index is 0.399. The van der Waals surface area contributed by atoms with Crippen LogP contribution in [0.15, 0.2) is 24.3 Å². The van der Waals surface area contributed by atoms with E-state index in [2.05, 4.69) is 41.4 Å². The predicted octanol–water partition coefficient (Wildman–Crippen LogP) is 3.75. The van der Waals surface area contributed by atoms with Crippen molar-refractivity contribution in [2.24, 2.45) is 0 Å². The molecule has 2 nitrogen and oxygen atoms in total. The van der Waals surface area contributed by atoms with Crippen molar-refractivity contribution in [2.45, 2.75) is 57.4 Å². The van der Waals surface area contributed by atoms with Crippen LogP contribution in [0.5, 0.6) is 0 Å². The molecule has 1 N–H and O–H groups in total. The molecule has 0 atom stereocenters. The fourth-order valence-corrected chi connectivity index (χ4v) is 4.02. The third-order valence-electron chi connectivity index (χ3n) is 5.01. The van der Waals surface area contributed by atoms with Crippen molar-refractivity contribution in [3.63, 3.8) is 0 Å². The number of nitrogens with one attached hydrogen (secondary N) is 1. The van der Waals surface area contributed by atoms with Gasteiger partial charge >= 0.3 is 0 Å². The molecule has 2 heteroatoms. The average Bonchev–Trinajstić information content (AvgIpc) is 2.81. The van der Waals surface area contributed by atoms with Crippen LogP contribution in [0.1, 0.15) is 51.0 Å². The second kappa shape index (κ2) is 6.17. The van der Waals surface area contributed by atoms with Gasteiger partial charge in [-0.25, -0.2) is 0 Å². The Morgan fingerprint density at radius 3 is 2.75 bits per heavy atom. The summed E-state index contributed by atoms with van der Waals surface area (Å²) in [4.78, 5) is 2.66. The Labute approximate surface area is 123 Å². The van der Waals surface area contributed by atoms with Gasteiger partial charge < -0.3 is 10.2 Å². The van der Waals surface area contributed by atoms with Crippen LogP contribution in [-0.4, -0.2) is 25.2 Å². The zero-order valence-electron chi connectivity index (χ0n) is 12.8. The quantitative estimate of drug-likeness (QED) is 0.901. The molecule has 0 bridgehead atoms. The van der Waals surface area contributed by atoms with E-state index in [1.807, 2.05) is 0 Å². The third-order valence-corrected chi connectivity index (χ3v) is 5.01. The lowest BCUT2D eigenvalue weighted by Crippen LogP contribution is -2.49. The Morgan fingerprint density at radius 2 is 1.95 bits per heavy atom. The van der Waals surface area contributed by atoms with Gasteiger partial charge in [0.2, 0.25) is 0 Å². The van der Waals surface area contributed by atoms with Gasteiger partial charge in [-0.05, 0) is 43.9 Å². The smallest absolute Gasteiger partial charge is 0.0399 e. The largest absolute Gasteiger partial charge is 0.369 e. The van der Waals surface area contributed by atoms with Gasteiger partial charge in [-0.1, -0.05) is 44.4 Å². The van der Waals surface area contributed by atoms with E-state index in [0.29, 0.717) is 5.54 Å². The van der Waals surface area contributed by atoms with Gasteiger partial charge in [-0.3, -0.25) is 0 Å². The fourth-order valence-electron chi connectivity index (χ4n) is 4.02. The van der Waals surface area contributed by atoms with Crippen LogP contribution in [0, 0.1) is 0 Å². The number of hydrogen-bond donors (Lipinski definition) is 1. The lowest BCUT2D eigenvalue weighted by atomic mass is 9.96. The molecule has 110 valence electrons. The number of hydrogen-bond acceptors (Lipinski definition) is 2. The molecule has 1 aromatic rings. The van der Waals surface area contributed by atoms with Gasteiger partial charge in [0.1, 0.15) is 0 Å². The Kier molecular flexibility index (Phi) is 4.30. The van der Waals surface area contributed by atoms with Crippen molar-refractivity contribution in [3.8, 4) is 0 Å². The molecule has 0 unspecified atom stereocenters. The number of nitrogens with zero attached hydrogens (tertiary/aromatic N) is 1. The molecular formula is C18H28N2. The Hall–Kier alpha value is -1.02. The van der Waals surface area contributed by atoms with Crippen molar-refractivity contribution in [3.05, 3.63) is 29.8 Å². The number of para-hydroxylation sites is 1. The SMILES string of the molecule is CCCc1ccccc1N1CCCNC2(CCCC2)C1. The summed E-state index contributed by atoms with van der Waals surface area (Å²) in [7, 11) is 0. The summed E-state index contributed by atoms with van der Waals surface area (Å²) in [5.74, 6) is 0. The summed E-state index contributed by atoms with van der Waals surface area (Å²) in [5.41, 5.74) is 3.42. The van der Waals surface area contributed by atoms with Crippen LogP contribution in [0.25, 0.3) is 0 Å². The molecule has 1 aliphatic heterocycles. The highest BCUT2D eigenvalue weighted by Crippen LogP contribution is 2.34. The summed E-state index contributed by atoms with van der Waals surface area (Å²) in [5, 5.41) is 3.87. The Morgan fingerprint density at radius 1 is 1.15 bits per heavy atom. The molecule has 1 aliphatic carbocycles. The van der Waals surface area contributed by atoms with E-state index in [-0.39, 0.29) is 0 Å². The maximum atomic E-state index is 3.87. The lowest BCUT2D eigenvalue weighted by Gasteiger charge is -2.35. The molecule has 3 rings (SSSR count). The first-order chi connectivity index (χ1) is 9.83. The minimum Gasteiger partial charge on any atom is -0.369 e. The molecule has 20 heavy (non-hydrogen) atoms. The van der Waals surface area contributed by atoms with Gasteiger partial charge in [0.05, 0.1) is 0 Å². The minimum absolute atomic E-state index is 0.399. The van der Waals surface area contributed by atoms with Crippen molar-refractivity contribution in [1.82, 2.24) is 5.32 Å². The lowest BCUT2D eigenvalue weighted by molar-refractivity contribution is 0.354. The van der Waals surface area contributed by atoms with Crippen molar-refractivity contribution in [1.29, 1.82) is 0 Å². The fraction of sp³-hybridized carbons (Fsp3) is 0.667. The summed E-state index contributed by atoms with van der Waals surface area (Å²) >= 11 is 0. The first-order valence-corrected chi connectivity index (χ1v) is 8.41. The van der Waals surface area contributed by atoms with Gasteiger partial charge in [0.25, 0.3) is 0 Å². The molecule has 1 heterocycles. The van der Waals surface area contributed by atoms with E-state index in [0.717, 1.165) is 0 Å².